The molecule has 0 saturated carbocycles. The molecule has 1 aromatic carbocycles. The van der Waals surface area contributed by atoms with Crippen LogP contribution in [-0.4, -0.2) is 28.3 Å². The minimum Gasteiger partial charge on any atom is -0.363 e. The summed E-state index contributed by atoms with van der Waals surface area (Å²) in [5.74, 6) is -0.0785. The minimum absolute atomic E-state index is 0.105. The molecule has 2 aromatic heterocycles. The van der Waals surface area contributed by atoms with Crippen molar-refractivity contribution in [2.75, 3.05) is 18.6 Å². The van der Waals surface area contributed by atoms with Crippen molar-refractivity contribution >= 4 is 29.3 Å². The normalized spacial score (nSPS) is 13.1. The van der Waals surface area contributed by atoms with Gasteiger partial charge in [0.25, 0.3) is 6.43 Å². The third-order valence-electron chi connectivity index (χ3n) is 4.34. The summed E-state index contributed by atoms with van der Waals surface area (Å²) in [6.07, 6.45) is -1.38. The molecule has 0 amide bonds. The standard InChI is InChI=1S/C19H20F3N4OP/c1-10(12-6-5-7-13(17(12)20)18(21)22)24-19-14-8-16(28(3,4)27)23-9-15(14)25-11(2)26-19/h5-10,18H,1-4H3,(H,24,25,26)/t10-/m1/s1. The molecule has 0 aliphatic carbocycles. The zero-order valence-electron chi connectivity index (χ0n) is 15.9. The number of nitrogens with zero attached hydrogens (tertiary/aromatic N) is 3. The highest BCUT2D eigenvalue weighted by atomic mass is 31.2. The van der Waals surface area contributed by atoms with Crippen molar-refractivity contribution in [3.8, 4) is 0 Å². The van der Waals surface area contributed by atoms with E-state index in [1.54, 1.807) is 33.2 Å². The van der Waals surface area contributed by atoms with Crippen LogP contribution in [0.25, 0.3) is 10.9 Å². The highest BCUT2D eigenvalue weighted by Gasteiger charge is 2.21. The lowest BCUT2D eigenvalue weighted by Crippen LogP contribution is -2.14. The molecule has 28 heavy (non-hydrogen) atoms. The van der Waals surface area contributed by atoms with Crippen LogP contribution in [0.4, 0.5) is 19.0 Å². The monoisotopic (exact) mass is 408 g/mol. The van der Waals surface area contributed by atoms with Gasteiger partial charge in [-0.2, -0.15) is 0 Å². The lowest BCUT2D eigenvalue weighted by molar-refractivity contribution is 0.146. The Morgan fingerprint density at radius 2 is 1.82 bits per heavy atom. The van der Waals surface area contributed by atoms with Crippen molar-refractivity contribution in [3.63, 3.8) is 0 Å². The Kier molecular flexibility index (Phi) is 5.44. The number of nitrogens with one attached hydrogen (secondary N) is 1. The summed E-state index contributed by atoms with van der Waals surface area (Å²) >= 11 is 0. The van der Waals surface area contributed by atoms with E-state index in [0.717, 1.165) is 6.07 Å². The first-order chi connectivity index (χ1) is 13.1. The van der Waals surface area contributed by atoms with Crippen LogP contribution < -0.4 is 10.8 Å². The van der Waals surface area contributed by atoms with Crippen molar-refractivity contribution in [3.05, 3.63) is 53.2 Å². The molecule has 148 valence electrons. The van der Waals surface area contributed by atoms with Crippen LogP contribution in [0.5, 0.6) is 0 Å². The van der Waals surface area contributed by atoms with E-state index in [9.17, 15) is 17.7 Å². The molecule has 9 heteroatoms. The Morgan fingerprint density at radius 1 is 1.14 bits per heavy atom. The van der Waals surface area contributed by atoms with Gasteiger partial charge in [-0.15, -0.1) is 0 Å². The molecule has 0 unspecified atom stereocenters. The van der Waals surface area contributed by atoms with Crippen LogP contribution in [-0.2, 0) is 4.57 Å². The maximum atomic E-state index is 14.5. The maximum Gasteiger partial charge on any atom is 0.266 e. The number of rotatable bonds is 5. The topological polar surface area (TPSA) is 67.8 Å². The first-order valence-corrected chi connectivity index (χ1v) is 11.2. The molecule has 0 saturated heterocycles. The van der Waals surface area contributed by atoms with Crippen LogP contribution in [0.3, 0.4) is 0 Å². The third kappa shape index (κ3) is 4.02. The second kappa shape index (κ2) is 7.51. The van der Waals surface area contributed by atoms with E-state index < -0.39 is 31.0 Å². The number of aromatic nitrogens is 3. The van der Waals surface area contributed by atoms with Crippen molar-refractivity contribution in [2.24, 2.45) is 0 Å². The third-order valence-corrected chi connectivity index (χ3v) is 5.69. The van der Waals surface area contributed by atoms with Gasteiger partial charge in [-0.05, 0) is 33.2 Å². The molecule has 0 aliphatic rings. The van der Waals surface area contributed by atoms with Crippen LogP contribution in [0.1, 0.15) is 36.3 Å². The molecule has 0 aliphatic heterocycles. The van der Waals surface area contributed by atoms with E-state index in [4.69, 9.17) is 0 Å². The SMILES string of the molecule is Cc1nc(N[C@H](C)c2cccc(C(F)F)c2F)c2cc(P(C)(C)=O)ncc2n1. The van der Waals surface area contributed by atoms with E-state index in [1.165, 1.54) is 18.3 Å². The number of hydrogen-bond donors (Lipinski definition) is 1. The number of fused-ring (bicyclic) bond motifs is 1. The van der Waals surface area contributed by atoms with Gasteiger partial charge in [-0.1, -0.05) is 18.2 Å². The molecule has 5 nitrogen and oxygen atoms in total. The average Bonchev–Trinajstić information content (AvgIpc) is 2.60. The van der Waals surface area contributed by atoms with Crippen molar-refractivity contribution < 1.29 is 17.7 Å². The number of benzene rings is 1. The average molecular weight is 408 g/mol. The van der Waals surface area contributed by atoms with E-state index in [2.05, 4.69) is 20.3 Å². The quantitative estimate of drug-likeness (QED) is 0.613. The highest BCUT2D eigenvalue weighted by Crippen LogP contribution is 2.35. The van der Waals surface area contributed by atoms with Gasteiger partial charge < -0.3 is 9.88 Å². The molecular weight excluding hydrogens is 388 g/mol. The Hall–Kier alpha value is -2.47. The summed E-state index contributed by atoms with van der Waals surface area (Å²) in [7, 11) is -2.61. The van der Waals surface area contributed by atoms with E-state index in [1.807, 2.05) is 0 Å². The molecule has 0 spiro atoms. The molecular formula is C19H20F3N4OP. The van der Waals surface area contributed by atoms with Gasteiger partial charge >= 0.3 is 0 Å². The molecule has 1 N–H and O–H groups in total. The summed E-state index contributed by atoms with van der Waals surface area (Å²) in [6.45, 7) is 6.57. The van der Waals surface area contributed by atoms with E-state index >= 15 is 0 Å². The predicted octanol–water partition coefficient (Wildman–Crippen LogP) is 4.83. The second-order valence-corrected chi connectivity index (χ2v) is 10.1. The van der Waals surface area contributed by atoms with E-state index in [-0.39, 0.29) is 5.56 Å². The van der Waals surface area contributed by atoms with Crippen LogP contribution in [0.15, 0.2) is 30.5 Å². The van der Waals surface area contributed by atoms with Crippen LogP contribution in [0, 0.1) is 12.7 Å². The van der Waals surface area contributed by atoms with Gasteiger partial charge in [-0.3, -0.25) is 4.98 Å². The summed E-state index contributed by atoms with van der Waals surface area (Å²) in [6, 6.07) is 4.93. The summed E-state index contributed by atoms with van der Waals surface area (Å²) in [4.78, 5) is 12.9. The lowest BCUT2D eigenvalue weighted by atomic mass is 10.0. The Morgan fingerprint density at radius 3 is 2.46 bits per heavy atom. The maximum absolute atomic E-state index is 14.5. The molecule has 3 rings (SSSR count). The Balaban J connectivity index is 2.06. The fourth-order valence-electron chi connectivity index (χ4n) is 2.90. The minimum atomic E-state index is -2.90. The molecule has 3 aromatic rings. The largest absolute Gasteiger partial charge is 0.363 e. The van der Waals surface area contributed by atoms with Crippen molar-refractivity contribution in [1.82, 2.24) is 15.0 Å². The summed E-state index contributed by atoms with van der Waals surface area (Å²) in [5, 5.41) is 3.65. The Labute approximate surface area is 160 Å². The van der Waals surface area contributed by atoms with Crippen molar-refractivity contribution in [2.45, 2.75) is 26.3 Å². The molecule has 0 fully saturated rings. The summed E-state index contributed by atoms with van der Waals surface area (Å²) < 4.78 is 52.9. The number of pyridine rings is 1. The molecule has 0 bridgehead atoms. The van der Waals surface area contributed by atoms with Crippen LogP contribution in [0.2, 0.25) is 0 Å². The van der Waals surface area contributed by atoms with Gasteiger partial charge in [-0.25, -0.2) is 23.1 Å². The highest BCUT2D eigenvalue weighted by molar-refractivity contribution is 7.69. The fourth-order valence-corrected chi connectivity index (χ4v) is 3.67. The van der Waals surface area contributed by atoms with Gasteiger partial charge in [0.05, 0.1) is 23.3 Å². The van der Waals surface area contributed by atoms with Gasteiger partial charge in [0.1, 0.15) is 30.0 Å². The fraction of sp³-hybridized carbons (Fsp3) is 0.316. The first kappa shape index (κ1) is 20.3. The Bertz CT molecular complexity index is 1080. The van der Waals surface area contributed by atoms with Gasteiger partial charge in [0, 0.05) is 10.9 Å². The van der Waals surface area contributed by atoms with Gasteiger partial charge in [0.15, 0.2) is 0 Å². The van der Waals surface area contributed by atoms with Gasteiger partial charge in [0.2, 0.25) is 0 Å². The second-order valence-electron chi connectivity index (χ2n) is 6.95. The smallest absolute Gasteiger partial charge is 0.266 e. The number of aryl methyl sites for hydroxylation is 1. The molecule has 1 atom stereocenters. The number of alkyl halides is 2. The summed E-state index contributed by atoms with van der Waals surface area (Å²) in [5.41, 5.74) is 0.433. The molecule has 2 heterocycles. The number of hydrogen-bond acceptors (Lipinski definition) is 5. The zero-order chi connectivity index (χ0) is 20.6. The predicted molar refractivity (Wildman–Crippen MR) is 105 cm³/mol. The first-order valence-electron chi connectivity index (χ1n) is 8.61. The number of anilines is 1. The lowest BCUT2D eigenvalue weighted by Gasteiger charge is -2.19. The zero-order valence-corrected chi connectivity index (χ0v) is 16.8. The van der Waals surface area contributed by atoms with Crippen molar-refractivity contribution in [1.29, 1.82) is 0 Å². The molecule has 0 radical (unpaired) electrons. The van der Waals surface area contributed by atoms with E-state index in [0.29, 0.717) is 28.0 Å². The van der Waals surface area contributed by atoms with Crippen LogP contribution >= 0.6 is 7.14 Å². The number of halogens is 3.